The number of aromatic amines is 1. The van der Waals surface area contributed by atoms with E-state index in [1.807, 2.05) is 18.2 Å². The summed E-state index contributed by atoms with van der Waals surface area (Å²) in [5.41, 5.74) is 5.07. The number of H-pyrrole nitrogens is 1. The van der Waals surface area contributed by atoms with Gasteiger partial charge in [-0.2, -0.15) is 0 Å². The summed E-state index contributed by atoms with van der Waals surface area (Å²) in [7, 11) is 0. The monoisotopic (exact) mass is 411 g/mol. The van der Waals surface area contributed by atoms with Gasteiger partial charge in [-0.05, 0) is 67.6 Å². The second-order valence-corrected chi connectivity index (χ2v) is 7.71. The van der Waals surface area contributed by atoms with E-state index < -0.39 is 0 Å². The maximum Gasteiger partial charge on any atom is 0.268 e. The number of carbonyl (C=O) groups is 1. The van der Waals surface area contributed by atoms with Gasteiger partial charge in [-0.3, -0.25) is 4.79 Å². The predicted octanol–water partition coefficient (Wildman–Crippen LogP) is 5.59. The number of nitrogens with zero attached hydrogens (tertiary/aromatic N) is 1. The summed E-state index contributed by atoms with van der Waals surface area (Å²) >= 11 is 6.13. The van der Waals surface area contributed by atoms with Crippen molar-refractivity contribution in [3.8, 4) is 0 Å². The molecule has 0 aliphatic carbocycles. The molecule has 0 unspecified atom stereocenters. The highest BCUT2D eigenvalue weighted by molar-refractivity contribution is 6.31. The van der Waals surface area contributed by atoms with E-state index in [1.165, 1.54) is 11.3 Å². The molecule has 0 saturated carbocycles. The highest BCUT2D eigenvalue weighted by Gasteiger charge is 2.16. The Hall–Kier alpha value is -2.46. The molecule has 29 heavy (non-hydrogen) atoms. The molecule has 2 aromatic carbocycles. The van der Waals surface area contributed by atoms with Crippen molar-refractivity contribution in [1.29, 1.82) is 0 Å². The van der Waals surface area contributed by atoms with Crippen LogP contribution < -0.4 is 10.2 Å². The minimum atomic E-state index is -0.0640. The maximum atomic E-state index is 12.7. The van der Waals surface area contributed by atoms with Gasteiger partial charge in [0.25, 0.3) is 5.91 Å². The molecule has 3 rings (SSSR count). The van der Waals surface area contributed by atoms with Gasteiger partial charge >= 0.3 is 0 Å². The topological polar surface area (TPSA) is 48.1 Å². The van der Waals surface area contributed by atoms with E-state index in [1.54, 1.807) is 0 Å². The number of hydrogen-bond acceptors (Lipinski definition) is 2. The zero-order valence-corrected chi connectivity index (χ0v) is 18.3. The lowest BCUT2D eigenvalue weighted by molar-refractivity contribution is 0.0949. The summed E-state index contributed by atoms with van der Waals surface area (Å²) in [6, 6.07) is 14.3. The Morgan fingerprint density at radius 1 is 1.10 bits per heavy atom. The minimum Gasteiger partial charge on any atom is -0.372 e. The van der Waals surface area contributed by atoms with Gasteiger partial charge in [-0.25, -0.2) is 0 Å². The van der Waals surface area contributed by atoms with Crippen LogP contribution in [0.2, 0.25) is 5.02 Å². The lowest BCUT2D eigenvalue weighted by atomic mass is 10.1. The predicted molar refractivity (Wildman–Crippen MR) is 123 cm³/mol. The van der Waals surface area contributed by atoms with Crippen molar-refractivity contribution in [3.63, 3.8) is 0 Å². The number of hydrogen-bond donors (Lipinski definition) is 2. The molecule has 1 aromatic heterocycles. The van der Waals surface area contributed by atoms with Crippen molar-refractivity contribution in [2.75, 3.05) is 24.5 Å². The van der Waals surface area contributed by atoms with Gasteiger partial charge in [0.15, 0.2) is 0 Å². The summed E-state index contributed by atoms with van der Waals surface area (Å²) in [6.45, 7) is 9.12. The number of aryl methyl sites for hydroxylation is 1. The summed E-state index contributed by atoms with van der Waals surface area (Å²) < 4.78 is 0. The molecule has 0 atom stereocenters. The lowest BCUT2D eigenvalue weighted by Gasteiger charge is -2.22. The number of anilines is 1. The average Bonchev–Trinajstić information content (AvgIpc) is 3.10. The zero-order chi connectivity index (χ0) is 20.8. The van der Waals surface area contributed by atoms with E-state index in [2.05, 4.69) is 60.2 Å². The molecule has 0 radical (unpaired) electrons. The number of nitrogens with one attached hydrogen (secondary N) is 2. The van der Waals surface area contributed by atoms with Gasteiger partial charge in [0.1, 0.15) is 5.69 Å². The first-order valence-electron chi connectivity index (χ1n) is 10.5. The minimum absolute atomic E-state index is 0.0640. The van der Waals surface area contributed by atoms with Crippen molar-refractivity contribution in [2.45, 2.75) is 40.0 Å². The highest BCUT2D eigenvalue weighted by atomic mass is 35.5. The molecule has 1 amide bonds. The van der Waals surface area contributed by atoms with Crippen LogP contribution in [-0.2, 0) is 12.8 Å². The number of aromatic nitrogens is 1. The van der Waals surface area contributed by atoms with Crippen LogP contribution in [0.4, 0.5) is 5.69 Å². The molecule has 0 aliphatic heterocycles. The molecule has 4 nitrogen and oxygen atoms in total. The van der Waals surface area contributed by atoms with Crippen LogP contribution in [0.3, 0.4) is 0 Å². The SMILES string of the molecule is CCCN(CC)c1ccc(CCNC(=O)c2[nH]c3ccc(Cl)cc3c2CC)cc1. The second kappa shape index (κ2) is 9.84. The Morgan fingerprint density at radius 2 is 1.86 bits per heavy atom. The number of amides is 1. The number of carbonyl (C=O) groups excluding carboxylic acids is 1. The van der Waals surface area contributed by atoms with Gasteiger partial charge in [0.2, 0.25) is 0 Å². The molecule has 0 aliphatic rings. The third-order valence-corrected chi connectivity index (χ3v) is 5.56. The van der Waals surface area contributed by atoms with Crippen molar-refractivity contribution < 1.29 is 4.79 Å². The van der Waals surface area contributed by atoms with Gasteiger partial charge in [-0.1, -0.05) is 37.6 Å². The number of halogens is 1. The molecule has 3 aromatic rings. The molecule has 0 fully saturated rings. The first-order chi connectivity index (χ1) is 14.1. The molecular weight excluding hydrogens is 382 g/mol. The van der Waals surface area contributed by atoms with Gasteiger partial charge < -0.3 is 15.2 Å². The van der Waals surface area contributed by atoms with Gasteiger partial charge in [-0.15, -0.1) is 0 Å². The largest absolute Gasteiger partial charge is 0.372 e. The van der Waals surface area contributed by atoms with E-state index in [0.29, 0.717) is 17.3 Å². The van der Waals surface area contributed by atoms with Crippen LogP contribution in [0.15, 0.2) is 42.5 Å². The molecular formula is C24H30ClN3O. The Morgan fingerprint density at radius 3 is 2.52 bits per heavy atom. The van der Waals surface area contributed by atoms with Crippen molar-refractivity contribution in [1.82, 2.24) is 10.3 Å². The third kappa shape index (κ3) is 4.94. The summed E-state index contributed by atoms with van der Waals surface area (Å²) in [5.74, 6) is -0.0640. The van der Waals surface area contributed by atoms with E-state index in [-0.39, 0.29) is 5.91 Å². The smallest absolute Gasteiger partial charge is 0.268 e. The molecule has 0 spiro atoms. The summed E-state index contributed by atoms with van der Waals surface area (Å²) in [5, 5.41) is 4.76. The quantitative estimate of drug-likeness (QED) is 0.482. The van der Waals surface area contributed by atoms with Crippen LogP contribution >= 0.6 is 11.6 Å². The van der Waals surface area contributed by atoms with E-state index in [9.17, 15) is 4.79 Å². The molecule has 0 bridgehead atoms. The van der Waals surface area contributed by atoms with Crippen LogP contribution in [-0.4, -0.2) is 30.5 Å². The van der Waals surface area contributed by atoms with Crippen molar-refractivity contribution >= 4 is 34.1 Å². The Balaban J connectivity index is 1.62. The zero-order valence-electron chi connectivity index (χ0n) is 17.5. The summed E-state index contributed by atoms with van der Waals surface area (Å²) in [4.78, 5) is 18.4. The fraction of sp³-hybridized carbons (Fsp3) is 0.375. The third-order valence-electron chi connectivity index (χ3n) is 5.32. The molecule has 2 N–H and O–H groups in total. The Labute approximate surface area is 178 Å². The Kier molecular flexibility index (Phi) is 7.21. The number of benzene rings is 2. The second-order valence-electron chi connectivity index (χ2n) is 7.27. The van der Waals surface area contributed by atoms with Crippen molar-refractivity contribution in [3.05, 3.63) is 64.3 Å². The van der Waals surface area contributed by atoms with Crippen LogP contribution in [0.1, 0.15) is 48.8 Å². The summed E-state index contributed by atoms with van der Waals surface area (Å²) in [6.07, 6.45) is 2.72. The van der Waals surface area contributed by atoms with Crippen LogP contribution in [0.5, 0.6) is 0 Å². The number of rotatable bonds is 9. The van der Waals surface area contributed by atoms with Gasteiger partial charge in [0, 0.05) is 41.2 Å². The first kappa shape index (κ1) is 21.3. The van der Waals surface area contributed by atoms with Gasteiger partial charge in [0.05, 0.1) is 0 Å². The van der Waals surface area contributed by atoms with E-state index in [0.717, 1.165) is 48.8 Å². The molecule has 1 heterocycles. The molecule has 5 heteroatoms. The fourth-order valence-corrected chi connectivity index (χ4v) is 3.97. The lowest BCUT2D eigenvalue weighted by Crippen LogP contribution is -2.27. The number of fused-ring (bicyclic) bond motifs is 1. The van der Waals surface area contributed by atoms with Crippen LogP contribution in [0, 0.1) is 0 Å². The fourth-order valence-electron chi connectivity index (χ4n) is 3.80. The normalized spacial score (nSPS) is 11.0. The maximum absolute atomic E-state index is 12.7. The van der Waals surface area contributed by atoms with E-state index >= 15 is 0 Å². The average molecular weight is 412 g/mol. The highest BCUT2D eigenvalue weighted by Crippen LogP contribution is 2.26. The van der Waals surface area contributed by atoms with Crippen molar-refractivity contribution in [2.24, 2.45) is 0 Å². The molecule has 0 saturated heterocycles. The Bertz CT molecular complexity index is 962. The van der Waals surface area contributed by atoms with E-state index in [4.69, 9.17) is 11.6 Å². The first-order valence-corrected chi connectivity index (χ1v) is 10.9. The standard InChI is InChI=1S/C24H30ClN3O/c1-4-15-28(6-3)19-10-7-17(8-11-19)13-14-26-24(29)23-20(5-2)21-16-18(25)9-12-22(21)27-23/h7-12,16,27H,4-6,13-15H2,1-3H3,(H,26,29). The molecule has 154 valence electrons. The van der Waals surface area contributed by atoms with Crippen LogP contribution in [0.25, 0.3) is 10.9 Å².